The molecule has 10 heteroatoms. The Bertz CT molecular complexity index is 1220. The number of hydrogen-bond donors (Lipinski definition) is 1. The second-order valence-corrected chi connectivity index (χ2v) is 10.8. The predicted molar refractivity (Wildman–Crippen MR) is 133 cm³/mol. The Morgan fingerprint density at radius 3 is 2.24 bits per heavy atom. The molecule has 1 heterocycles. The molecule has 0 saturated heterocycles. The Labute approximate surface area is 199 Å². The van der Waals surface area contributed by atoms with Crippen molar-refractivity contribution in [3.05, 3.63) is 65.0 Å². The average Bonchev–Trinajstić information content (AvgIpc) is 3.11. The lowest BCUT2D eigenvalue weighted by molar-refractivity contribution is -0.113. The minimum atomic E-state index is -3.53. The topological polar surface area (TPSA) is 97.2 Å². The van der Waals surface area contributed by atoms with Gasteiger partial charge >= 0.3 is 0 Å². The number of sulfonamides is 1. The van der Waals surface area contributed by atoms with Gasteiger partial charge in [0.15, 0.2) is 11.0 Å². The number of rotatable bonds is 9. The van der Waals surface area contributed by atoms with E-state index in [0.29, 0.717) is 23.2 Å². The highest BCUT2D eigenvalue weighted by molar-refractivity contribution is 7.99. The summed E-state index contributed by atoms with van der Waals surface area (Å²) < 4.78 is 28.1. The van der Waals surface area contributed by atoms with Gasteiger partial charge < -0.3 is 9.88 Å². The number of aromatic nitrogens is 3. The Balaban J connectivity index is 1.73. The Morgan fingerprint density at radius 1 is 1.03 bits per heavy atom. The molecule has 0 bridgehead atoms. The van der Waals surface area contributed by atoms with Crippen molar-refractivity contribution in [3.63, 3.8) is 0 Å². The molecule has 0 saturated carbocycles. The van der Waals surface area contributed by atoms with Crippen molar-refractivity contribution in [2.45, 2.75) is 45.9 Å². The SMILES string of the molecule is CCn1c(CN(c2ccc(C)cc2)S(C)(=O)=O)nnc1SCC(=O)Nc1cc(C)cc(C)c1. The summed E-state index contributed by atoms with van der Waals surface area (Å²) >= 11 is 1.27. The van der Waals surface area contributed by atoms with E-state index in [9.17, 15) is 13.2 Å². The van der Waals surface area contributed by atoms with Gasteiger partial charge in [-0.05, 0) is 63.1 Å². The van der Waals surface area contributed by atoms with Crippen LogP contribution in [0.5, 0.6) is 0 Å². The Kier molecular flexibility index (Phi) is 7.80. The standard InChI is InChI=1S/C23H29N5O3S2/c1-6-27-21(14-28(33(5,30)31)20-9-7-16(2)8-10-20)25-26-23(27)32-15-22(29)24-19-12-17(3)11-18(4)13-19/h7-13H,6,14-15H2,1-5H3,(H,24,29). The highest BCUT2D eigenvalue weighted by atomic mass is 32.2. The third-order valence-electron chi connectivity index (χ3n) is 4.95. The van der Waals surface area contributed by atoms with Crippen molar-refractivity contribution in [2.24, 2.45) is 0 Å². The first kappa shape index (κ1) is 24.8. The minimum absolute atomic E-state index is 0.0536. The number of carbonyl (C=O) groups is 1. The minimum Gasteiger partial charge on any atom is -0.325 e. The molecule has 1 amide bonds. The van der Waals surface area contributed by atoms with E-state index in [1.807, 2.05) is 62.6 Å². The fourth-order valence-corrected chi connectivity index (χ4v) is 5.15. The van der Waals surface area contributed by atoms with Crippen molar-refractivity contribution >= 4 is 39.1 Å². The molecule has 0 aliphatic carbocycles. The van der Waals surface area contributed by atoms with E-state index < -0.39 is 10.0 Å². The van der Waals surface area contributed by atoms with Crippen LogP contribution >= 0.6 is 11.8 Å². The zero-order valence-electron chi connectivity index (χ0n) is 19.5. The maximum absolute atomic E-state index is 12.5. The number of nitrogens with one attached hydrogen (secondary N) is 1. The first-order valence-electron chi connectivity index (χ1n) is 10.5. The van der Waals surface area contributed by atoms with Gasteiger partial charge in [-0.2, -0.15) is 0 Å². The number of nitrogens with zero attached hydrogens (tertiary/aromatic N) is 4. The maximum atomic E-state index is 12.5. The van der Waals surface area contributed by atoms with Crippen LogP contribution in [-0.2, 0) is 27.9 Å². The van der Waals surface area contributed by atoms with Gasteiger partial charge in [-0.3, -0.25) is 9.10 Å². The van der Waals surface area contributed by atoms with Gasteiger partial charge in [0, 0.05) is 12.2 Å². The largest absolute Gasteiger partial charge is 0.325 e. The molecule has 1 N–H and O–H groups in total. The van der Waals surface area contributed by atoms with Crippen molar-refractivity contribution < 1.29 is 13.2 Å². The van der Waals surface area contributed by atoms with E-state index in [-0.39, 0.29) is 18.2 Å². The molecular weight excluding hydrogens is 458 g/mol. The lowest BCUT2D eigenvalue weighted by atomic mass is 10.1. The first-order chi connectivity index (χ1) is 15.6. The van der Waals surface area contributed by atoms with Gasteiger partial charge in [-0.1, -0.05) is 35.5 Å². The summed E-state index contributed by atoms with van der Waals surface area (Å²) in [6, 6.07) is 13.2. The molecule has 0 unspecified atom stereocenters. The molecule has 0 aliphatic heterocycles. The molecule has 0 fully saturated rings. The molecule has 0 atom stereocenters. The van der Waals surface area contributed by atoms with Gasteiger partial charge in [0.1, 0.15) is 0 Å². The third kappa shape index (κ3) is 6.58. The summed E-state index contributed by atoms with van der Waals surface area (Å²) in [6.45, 7) is 8.45. The third-order valence-corrected chi connectivity index (χ3v) is 7.06. The van der Waals surface area contributed by atoms with Crippen LogP contribution in [0.25, 0.3) is 0 Å². The second-order valence-electron chi connectivity index (χ2n) is 7.96. The molecule has 0 spiro atoms. The van der Waals surface area contributed by atoms with Crippen molar-refractivity contribution in [3.8, 4) is 0 Å². The number of amides is 1. The van der Waals surface area contributed by atoms with Crippen LogP contribution in [0.4, 0.5) is 11.4 Å². The van der Waals surface area contributed by atoms with Gasteiger partial charge in [0.05, 0.1) is 24.2 Å². The summed E-state index contributed by atoms with van der Waals surface area (Å²) in [5.41, 5.74) is 4.53. The van der Waals surface area contributed by atoms with Crippen LogP contribution in [0.3, 0.4) is 0 Å². The molecule has 8 nitrogen and oxygen atoms in total. The monoisotopic (exact) mass is 487 g/mol. The highest BCUT2D eigenvalue weighted by Gasteiger charge is 2.22. The molecule has 0 radical (unpaired) electrons. The second kappa shape index (κ2) is 10.4. The van der Waals surface area contributed by atoms with Crippen LogP contribution in [0.2, 0.25) is 0 Å². The number of benzene rings is 2. The summed E-state index contributed by atoms with van der Waals surface area (Å²) in [5.74, 6) is 0.536. The van der Waals surface area contributed by atoms with Crippen LogP contribution in [0.15, 0.2) is 47.6 Å². The van der Waals surface area contributed by atoms with Crippen molar-refractivity contribution in [1.82, 2.24) is 14.8 Å². The van der Waals surface area contributed by atoms with Gasteiger partial charge in [-0.25, -0.2) is 8.42 Å². The fourth-order valence-electron chi connectivity index (χ4n) is 3.47. The van der Waals surface area contributed by atoms with Crippen LogP contribution in [0.1, 0.15) is 29.4 Å². The van der Waals surface area contributed by atoms with Gasteiger partial charge in [0.2, 0.25) is 15.9 Å². The lowest BCUT2D eigenvalue weighted by Crippen LogP contribution is -2.30. The van der Waals surface area contributed by atoms with E-state index in [1.54, 1.807) is 12.1 Å². The molecule has 1 aromatic heterocycles. The molecule has 3 rings (SSSR count). The van der Waals surface area contributed by atoms with E-state index in [2.05, 4.69) is 15.5 Å². The summed E-state index contributed by atoms with van der Waals surface area (Å²) in [7, 11) is -3.53. The summed E-state index contributed by atoms with van der Waals surface area (Å²) in [4.78, 5) is 12.5. The van der Waals surface area contributed by atoms with Crippen molar-refractivity contribution in [1.29, 1.82) is 0 Å². The number of anilines is 2. The molecular formula is C23H29N5O3S2. The Hall–Kier alpha value is -2.85. The Morgan fingerprint density at radius 2 is 1.67 bits per heavy atom. The fraction of sp³-hybridized carbons (Fsp3) is 0.348. The summed E-state index contributed by atoms with van der Waals surface area (Å²) in [6.07, 6.45) is 1.17. The lowest BCUT2D eigenvalue weighted by Gasteiger charge is -2.22. The van der Waals surface area contributed by atoms with E-state index >= 15 is 0 Å². The van der Waals surface area contributed by atoms with E-state index in [1.165, 1.54) is 22.3 Å². The number of thioether (sulfide) groups is 1. The maximum Gasteiger partial charge on any atom is 0.234 e. The average molecular weight is 488 g/mol. The van der Waals surface area contributed by atoms with Gasteiger partial charge in [-0.15, -0.1) is 10.2 Å². The van der Waals surface area contributed by atoms with Crippen LogP contribution < -0.4 is 9.62 Å². The van der Waals surface area contributed by atoms with E-state index in [4.69, 9.17) is 0 Å². The number of aryl methyl sites for hydroxylation is 3. The number of carbonyl (C=O) groups excluding carboxylic acids is 1. The molecule has 2 aromatic carbocycles. The molecule has 0 aliphatic rings. The number of hydrogen-bond acceptors (Lipinski definition) is 6. The van der Waals surface area contributed by atoms with Gasteiger partial charge in [0.25, 0.3) is 0 Å². The first-order valence-corrected chi connectivity index (χ1v) is 13.4. The zero-order chi connectivity index (χ0) is 24.2. The highest BCUT2D eigenvalue weighted by Crippen LogP contribution is 2.23. The van der Waals surface area contributed by atoms with Crippen LogP contribution in [0, 0.1) is 20.8 Å². The van der Waals surface area contributed by atoms with E-state index in [0.717, 1.165) is 22.4 Å². The summed E-state index contributed by atoms with van der Waals surface area (Å²) in [5, 5.41) is 11.9. The zero-order valence-corrected chi connectivity index (χ0v) is 21.1. The molecule has 3 aromatic rings. The quantitative estimate of drug-likeness (QED) is 0.460. The smallest absolute Gasteiger partial charge is 0.234 e. The molecule has 33 heavy (non-hydrogen) atoms. The van der Waals surface area contributed by atoms with Crippen molar-refractivity contribution in [2.75, 3.05) is 21.6 Å². The predicted octanol–water partition coefficient (Wildman–Crippen LogP) is 3.92. The molecule has 176 valence electrons. The van der Waals surface area contributed by atoms with Crippen LogP contribution in [-0.4, -0.2) is 41.1 Å². The normalized spacial score (nSPS) is 11.4.